The number of nitrogens with zero attached hydrogens (tertiary/aromatic N) is 1. The highest BCUT2D eigenvalue weighted by molar-refractivity contribution is 7.99. The summed E-state index contributed by atoms with van der Waals surface area (Å²) in [4.78, 5) is 11.8. The lowest BCUT2D eigenvalue weighted by molar-refractivity contribution is -0.117. The van der Waals surface area contributed by atoms with Crippen LogP contribution >= 0.6 is 11.8 Å². The van der Waals surface area contributed by atoms with Crippen LogP contribution < -0.4 is 25.5 Å². The highest BCUT2D eigenvalue weighted by Gasteiger charge is 2.34. The van der Waals surface area contributed by atoms with E-state index in [0.29, 0.717) is 12.3 Å². The number of ether oxygens (including phenoxy) is 2. The van der Waals surface area contributed by atoms with Crippen molar-refractivity contribution in [3.05, 3.63) is 23.8 Å². The van der Waals surface area contributed by atoms with Crippen LogP contribution in [0.15, 0.2) is 23.3 Å². The summed E-state index contributed by atoms with van der Waals surface area (Å²) in [5, 5.41) is 9.35. The van der Waals surface area contributed by atoms with Crippen molar-refractivity contribution in [1.82, 2.24) is 16.1 Å². The molecule has 0 saturated heterocycles. The van der Waals surface area contributed by atoms with Crippen molar-refractivity contribution in [2.75, 3.05) is 13.0 Å². The lowest BCUT2D eigenvalue weighted by Gasteiger charge is -2.36. The molecule has 0 radical (unpaired) electrons. The second kappa shape index (κ2) is 5.45. The first-order valence-electron chi connectivity index (χ1n) is 6.44. The van der Waals surface area contributed by atoms with Crippen LogP contribution in [0.25, 0.3) is 0 Å². The summed E-state index contributed by atoms with van der Waals surface area (Å²) in [6, 6.07) is 5.75. The molecule has 21 heavy (non-hydrogen) atoms. The molecule has 3 N–H and O–H groups in total. The molecule has 0 unspecified atom stereocenters. The minimum atomic E-state index is -0.813. The van der Waals surface area contributed by atoms with Crippen molar-refractivity contribution >= 4 is 23.4 Å². The standard InChI is InChI=1S/C13H16N4O3S/c1-8-12(18)15-13(21-2,17-16-8)14-6-9-3-4-10-11(5-9)20-7-19-10/h3-5,14,17H,6-7H2,1-2H3,(H,15,18)/t13-/m0/s1. The molecule has 2 heterocycles. The third-order valence-corrected chi connectivity index (χ3v) is 4.23. The van der Waals surface area contributed by atoms with Gasteiger partial charge in [-0.1, -0.05) is 17.8 Å². The van der Waals surface area contributed by atoms with Gasteiger partial charge >= 0.3 is 0 Å². The van der Waals surface area contributed by atoms with Crippen molar-refractivity contribution in [1.29, 1.82) is 0 Å². The zero-order valence-electron chi connectivity index (χ0n) is 11.7. The van der Waals surface area contributed by atoms with Gasteiger partial charge in [-0.25, -0.2) is 0 Å². The van der Waals surface area contributed by atoms with Crippen LogP contribution in [0.3, 0.4) is 0 Å². The van der Waals surface area contributed by atoms with E-state index in [-0.39, 0.29) is 12.7 Å². The Hall–Kier alpha value is -1.93. The van der Waals surface area contributed by atoms with Crippen LogP contribution in [0.1, 0.15) is 12.5 Å². The maximum atomic E-state index is 11.8. The first-order valence-corrected chi connectivity index (χ1v) is 7.67. The summed E-state index contributed by atoms with van der Waals surface area (Å²) in [7, 11) is 0. The summed E-state index contributed by atoms with van der Waals surface area (Å²) in [6.07, 6.45) is 1.89. The predicted molar refractivity (Wildman–Crippen MR) is 80.0 cm³/mol. The SMILES string of the molecule is CS[C@]1(NCc2ccc3c(c2)OCO3)NN=C(C)C(=O)N1. The Labute approximate surface area is 126 Å². The van der Waals surface area contributed by atoms with Gasteiger partial charge in [-0.3, -0.25) is 15.5 Å². The summed E-state index contributed by atoms with van der Waals surface area (Å²) < 4.78 is 10.6. The Bertz CT molecular complexity index is 607. The number of hydrazone groups is 1. The molecule has 1 atom stereocenters. The highest BCUT2D eigenvalue weighted by atomic mass is 32.2. The number of benzene rings is 1. The maximum absolute atomic E-state index is 11.8. The lowest BCUT2D eigenvalue weighted by Crippen LogP contribution is -2.67. The largest absolute Gasteiger partial charge is 0.454 e. The van der Waals surface area contributed by atoms with Gasteiger partial charge < -0.3 is 14.8 Å². The smallest absolute Gasteiger partial charge is 0.270 e. The number of thioether (sulfide) groups is 1. The molecule has 7 nitrogen and oxygen atoms in total. The predicted octanol–water partition coefficient (Wildman–Crippen LogP) is 0.574. The Morgan fingerprint density at radius 1 is 1.43 bits per heavy atom. The van der Waals surface area contributed by atoms with Crippen LogP contribution in [0.4, 0.5) is 0 Å². The molecule has 1 aromatic carbocycles. The fraction of sp³-hybridized carbons (Fsp3) is 0.385. The topological polar surface area (TPSA) is 84.0 Å². The van der Waals surface area contributed by atoms with E-state index in [9.17, 15) is 4.79 Å². The monoisotopic (exact) mass is 308 g/mol. The first kappa shape index (κ1) is 14.0. The van der Waals surface area contributed by atoms with Crippen LogP contribution in [0.5, 0.6) is 11.5 Å². The van der Waals surface area contributed by atoms with E-state index in [1.807, 2.05) is 24.5 Å². The molecule has 0 aliphatic carbocycles. The zero-order valence-corrected chi connectivity index (χ0v) is 12.5. The molecule has 0 bridgehead atoms. The molecule has 2 aliphatic rings. The van der Waals surface area contributed by atoms with Crippen molar-refractivity contribution in [2.24, 2.45) is 5.10 Å². The van der Waals surface area contributed by atoms with E-state index in [2.05, 4.69) is 21.2 Å². The number of hydrogen-bond acceptors (Lipinski definition) is 7. The van der Waals surface area contributed by atoms with Gasteiger partial charge in [0.15, 0.2) is 11.5 Å². The average molecular weight is 308 g/mol. The summed E-state index contributed by atoms with van der Waals surface area (Å²) in [5.74, 6) is 1.30. The van der Waals surface area contributed by atoms with Gasteiger partial charge in [-0.15, -0.1) is 0 Å². The Kier molecular flexibility index (Phi) is 3.64. The number of hydrogen-bond donors (Lipinski definition) is 3. The fourth-order valence-corrected chi connectivity index (χ4v) is 2.57. The molecular formula is C13H16N4O3S. The van der Waals surface area contributed by atoms with Crippen molar-refractivity contribution in [2.45, 2.75) is 18.6 Å². The average Bonchev–Trinajstić information content (AvgIpc) is 2.96. The molecule has 0 saturated carbocycles. The highest BCUT2D eigenvalue weighted by Crippen LogP contribution is 2.32. The number of amides is 1. The number of fused-ring (bicyclic) bond motifs is 1. The quantitative estimate of drug-likeness (QED) is 0.706. The van der Waals surface area contributed by atoms with E-state index >= 15 is 0 Å². The van der Waals surface area contributed by atoms with E-state index in [0.717, 1.165) is 17.1 Å². The van der Waals surface area contributed by atoms with Crippen LogP contribution in [-0.4, -0.2) is 29.8 Å². The van der Waals surface area contributed by atoms with Crippen LogP contribution in [0.2, 0.25) is 0 Å². The van der Waals surface area contributed by atoms with Crippen molar-refractivity contribution in [3.63, 3.8) is 0 Å². The van der Waals surface area contributed by atoms with Crippen molar-refractivity contribution in [3.8, 4) is 11.5 Å². The second-order valence-corrected chi connectivity index (χ2v) is 5.71. The fourth-order valence-electron chi connectivity index (χ4n) is 2.02. The molecule has 0 aromatic heterocycles. The molecular weight excluding hydrogens is 292 g/mol. The van der Waals surface area contributed by atoms with E-state index in [4.69, 9.17) is 9.47 Å². The molecule has 0 spiro atoms. The summed E-state index contributed by atoms with van der Waals surface area (Å²) >= 11 is 1.43. The van der Waals surface area contributed by atoms with E-state index in [1.165, 1.54) is 11.8 Å². The molecule has 3 rings (SSSR count). The van der Waals surface area contributed by atoms with Gasteiger partial charge in [-0.2, -0.15) is 5.10 Å². The third-order valence-electron chi connectivity index (χ3n) is 3.28. The second-order valence-electron chi connectivity index (χ2n) is 4.69. The third kappa shape index (κ3) is 2.77. The molecule has 1 aromatic rings. The van der Waals surface area contributed by atoms with Gasteiger partial charge in [0.25, 0.3) is 5.91 Å². The normalized spacial score (nSPS) is 23.3. The number of carbonyl (C=O) groups is 1. The Morgan fingerprint density at radius 2 is 2.24 bits per heavy atom. The summed E-state index contributed by atoms with van der Waals surface area (Å²) in [5.41, 5.74) is 4.37. The van der Waals surface area contributed by atoms with Gasteiger partial charge in [0.2, 0.25) is 11.9 Å². The van der Waals surface area contributed by atoms with Crippen LogP contribution in [0, 0.1) is 0 Å². The Morgan fingerprint density at radius 3 is 3.00 bits per heavy atom. The Balaban J connectivity index is 1.70. The maximum Gasteiger partial charge on any atom is 0.270 e. The number of rotatable bonds is 4. The van der Waals surface area contributed by atoms with Gasteiger partial charge in [-0.05, 0) is 30.9 Å². The molecule has 8 heteroatoms. The zero-order chi connectivity index (χ0) is 14.9. The molecule has 112 valence electrons. The molecule has 2 aliphatic heterocycles. The van der Waals surface area contributed by atoms with Gasteiger partial charge in [0.05, 0.1) is 0 Å². The minimum Gasteiger partial charge on any atom is -0.454 e. The number of nitrogens with one attached hydrogen (secondary N) is 3. The molecule has 0 fully saturated rings. The lowest BCUT2D eigenvalue weighted by atomic mass is 10.2. The first-order chi connectivity index (χ1) is 10.1. The minimum absolute atomic E-state index is 0.193. The van der Waals surface area contributed by atoms with E-state index < -0.39 is 5.12 Å². The van der Waals surface area contributed by atoms with Gasteiger partial charge in [0, 0.05) is 6.54 Å². The number of carbonyl (C=O) groups excluding carboxylic acids is 1. The summed E-state index contributed by atoms with van der Waals surface area (Å²) in [6.45, 7) is 2.45. The molecule has 1 amide bonds. The van der Waals surface area contributed by atoms with E-state index in [1.54, 1.807) is 6.92 Å². The van der Waals surface area contributed by atoms with Crippen LogP contribution in [-0.2, 0) is 11.3 Å². The van der Waals surface area contributed by atoms with Crippen molar-refractivity contribution < 1.29 is 14.3 Å². The van der Waals surface area contributed by atoms with Gasteiger partial charge in [0.1, 0.15) is 5.71 Å².